The summed E-state index contributed by atoms with van der Waals surface area (Å²) in [7, 11) is -6.06. The van der Waals surface area contributed by atoms with E-state index in [1.807, 2.05) is 0 Å². The fourth-order valence-corrected chi connectivity index (χ4v) is 8.00. The van der Waals surface area contributed by atoms with Crippen molar-refractivity contribution in [3.63, 3.8) is 0 Å². The van der Waals surface area contributed by atoms with Crippen molar-refractivity contribution in [2.45, 2.75) is 43.8 Å². The molecule has 0 aromatic carbocycles. The maximum absolute atomic E-state index is 11.7. The lowest BCUT2D eigenvalue weighted by atomic mass is 10.0. The van der Waals surface area contributed by atoms with Gasteiger partial charge in [0.2, 0.25) is 12.8 Å². The number of hydrogen-bond acceptors (Lipinski definition) is 7. The Bertz CT molecular complexity index is 777. The Labute approximate surface area is 166 Å². The van der Waals surface area contributed by atoms with E-state index in [4.69, 9.17) is 0 Å². The number of carbonyl (C=O) groups excluding carboxylic acids is 2. The third-order valence-corrected chi connectivity index (χ3v) is 9.72. The molecule has 28 heavy (non-hydrogen) atoms. The van der Waals surface area contributed by atoms with Crippen LogP contribution in [0.4, 0.5) is 0 Å². The number of likely N-dealkylation sites (tertiary alicyclic amines) is 1. The molecule has 3 aliphatic heterocycles. The molecule has 2 atom stereocenters. The van der Waals surface area contributed by atoms with Crippen LogP contribution in [0.5, 0.6) is 0 Å². The quantitative estimate of drug-likeness (QED) is 0.438. The molecule has 0 aromatic heterocycles. The van der Waals surface area contributed by atoms with Crippen molar-refractivity contribution in [2.75, 3.05) is 49.2 Å². The second-order valence-corrected chi connectivity index (χ2v) is 12.5. The Morgan fingerprint density at radius 3 is 1.82 bits per heavy atom. The zero-order valence-electron chi connectivity index (χ0n) is 16.0. The fourth-order valence-electron chi connectivity index (χ4n) is 4.54. The highest BCUT2D eigenvalue weighted by Crippen LogP contribution is 2.24. The second-order valence-electron chi connectivity index (χ2n) is 8.08. The summed E-state index contributed by atoms with van der Waals surface area (Å²) < 4.78 is 46.6. The first-order valence-corrected chi connectivity index (χ1v) is 13.4. The van der Waals surface area contributed by atoms with Crippen LogP contribution in [-0.4, -0.2) is 112 Å². The van der Waals surface area contributed by atoms with E-state index in [9.17, 15) is 26.4 Å². The lowest BCUT2D eigenvalue weighted by Crippen LogP contribution is -2.50. The molecule has 0 aromatic rings. The van der Waals surface area contributed by atoms with Crippen molar-refractivity contribution >= 4 is 32.5 Å². The van der Waals surface area contributed by atoms with Gasteiger partial charge in [-0.3, -0.25) is 9.59 Å². The number of sulfone groups is 2. The Morgan fingerprint density at radius 1 is 0.786 bits per heavy atom. The van der Waals surface area contributed by atoms with E-state index < -0.39 is 19.7 Å². The van der Waals surface area contributed by atoms with Gasteiger partial charge >= 0.3 is 0 Å². The van der Waals surface area contributed by atoms with Crippen molar-refractivity contribution in [1.29, 1.82) is 0 Å². The summed E-state index contributed by atoms with van der Waals surface area (Å²) in [5, 5.41) is 0. The molecular weight excluding hydrogens is 406 g/mol. The Kier molecular flexibility index (Phi) is 6.65. The fraction of sp³-hybridized carbons (Fsp3) is 0.882. The summed E-state index contributed by atoms with van der Waals surface area (Å²) in [6.07, 6.45) is 4.09. The molecule has 3 aliphatic rings. The summed E-state index contributed by atoms with van der Waals surface area (Å²) in [4.78, 5) is 28.4. The van der Waals surface area contributed by atoms with E-state index in [1.165, 1.54) is 0 Å². The normalized spacial score (nSPS) is 30.1. The highest BCUT2D eigenvalue weighted by Gasteiger charge is 2.36. The van der Waals surface area contributed by atoms with Crippen LogP contribution in [0.25, 0.3) is 0 Å². The van der Waals surface area contributed by atoms with Crippen molar-refractivity contribution in [2.24, 2.45) is 0 Å². The van der Waals surface area contributed by atoms with Crippen LogP contribution in [0.15, 0.2) is 0 Å². The number of nitrogens with zero attached hydrogens (tertiary/aromatic N) is 3. The van der Waals surface area contributed by atoms with Crippen molar-refractivity contribution in [1.82, 2.24) is 14.7 Å². The first-order chi connectivity index (χ1) is 13.2. The smallest absolute Gasteiger partial charge is 0.210 e. The first kappa shape index (κ1) is 21.5. The van der Waals surface area contributed by atoms with Gasteiger partial charge in [-0.25, -0.2) is 16.8 Å². The summed E-state index contributed by atoms with van der Waals surface area (Å²) in [6, 6.07) is -0.391. The lowest BCUT2D eigenvalue weighted by Gasteiger charge is -2.39. The number of rotatable bonds is 8. The van der Waals surface area contributed by atoms with Gasteiger partial charge in [0, 0.05) is 44.3 Å². The van der Waals surface area contributed by atoms with Crippen molar-refractivity contribution in [3.05, 3.63) is 0 Å². The van der Waals surface area contributed by atoms with Gasteiger partial charge in [0.05, 0.1) is 23.0 Å². The van der Waals surface area contributed by atoms with Crippen molar-refractivity contribution in [3.8, 4) is 0 Å². The minimum Gasteiger partial charge on any atom is -0.340 e. The summed E-state index contributed by atoms with van der Waals surface area (Å²) >= 11 is 0. The number of amides is 2. The van der Waals surface area contributed by atoms with E-state index in [0.29, 0.717) is 25.9 Å². The van der Waals surface area contributed by atoms with Crippen molar-refractivity contribution < 1.29 is 26.4 Å². The predicted molar refractivity (Wildman–Crippen MR) is 104 cm³/mol. The molecule has 3 rings (SSSR count). The van der Waals surface area contributed by atoms with Gasteiger partial charge in [0.25, 0.3) is 0 Å². The molecule has 0 radical (unpaired) electrons. The molecule has 3 heterocycles. The topological polar surface area (TPSA) is 112 Å². The van der Waals surface area contributed by atoms with E-state index in [1.54, 1.807) is 9.80 Å². The van der Waals surface area contributed by atoms with Crippen LogP contribution in [-0.2, 0) is 29.3 Å². The molecular formula is C17H29N3O6S2. The first-order valence-electron chi connectivity index (χ1n) is 9.80. The largest absolute Gasteiger partial charge is 0.340 e. The van der Waals surface area contributed by atoms with Gasteiger partial charge in [0.15, 0.2) is 19.7 Å². The van der Waals surface area contributed by atoms with Crippen LogP contribution in [0.2, 0.25) is 0 Å². The number of piperidine rings is 1. The highest BCUT2D eigenvalue weighted by molar-refractivity contribution is 7.91. The van der Waals surface area contributed by atoms with Gasteiger partial charge < -0.3 is 14.7 Å². The molecule has 0 N–H and O–H groups in total. The second kappa shape index (κ2) is 8.66. The van der Waals surface area contributed by atoms with E-state index in [0.717, 1.165) is 38.8 Å². The maximum atomic E-state index is 11.7. The highest BCUT2D eigenvalue weighted by atomic mass is 32.2. The average Bonchev–Trinajstić information content (AvgIpc) is 3.19. The Morgan fingerprint density at radius 2 is 1.36 bits per heavy atom. The number of carbonyl (C=O) groups is 2. The zero-order valence-corrected chi connectivity index (χ0v) is 17.6. The van der Waals surface area contributed by atoms with Crippen LogP contribution in [0.1, 0.15) is 25.7 Å². The molecule has 9 nitrogen and oxygen atoms in total. The summed E-state index contributed by atoms with van der Waals surface area (Å²) in [6.45, 7) is 2.70. The van der Waals surface area contributed by atoms with Gasteiger partial charge in [0.1, 0.15) is 0 Å². The van der Waals surface area contributed by atoms with Crippen LogP contribution in [0, 0.1) is 0 Å². The average molecular weight is 436 g/mol. The third kappa shape index (κ3) is 5.24. The monoisotopic (exact) mass is 435 g/mol. The molecule has 0 spiro atoms. The molecule has 2 amide bonds. The van der Waals surface area contributed by atoms with Gasteiger partial charge in [-0.2, -0.15) is 0 Å². The van der Waals surface area contributed by atoms with E-state index in [2.05, 4.69) is 4.90 Å². The lowest BCUT2D eigenvalue weighted by molar-refractivity contribution is -0.123. The Balaban J connectivity index is 1.46. The minimum atomic E-state index is -3.03. The number of hydrogen-bond donors (Lipinski definition) is 0. The Hall–Kier alpha value is -1.20. The standard InChI is InChI=1S/C17H29N3O6S2/c21-13-19(16-3-9-27(23,24)11-16)8-7-18-5-1-15(2-6-18)20(14-22)17-4-10-28(25,26)12-17/h13-17H,1-12H2/t16-,17-/m1/s1. The molecule has 3 fully saturated rings. The molecule has 0 saturated carbocycles. The molecule has 0 unspecified atom stereocenters. The van der Waals surface area contributed by atoms with E-state index in [-0.39, 0.29) is 41.1 Å². The third-order valence-electron chi connectivity index (χ3n) is 6.22. The van der Waals surface area contributed by atoms with Gasteiger partial charge in [-0.15, -0.1) is 0 Å². The molecule has 3 saturated heterocycles. The molecule has 0 aliphatic carbocycles. The molecule has 0 bridgehead atoms. The SMILES string of the molecule is O=CN(CCN1CCC(N(C=O)[C@@H]2CCS(=O)(=O)C2)CC1)[C@@H]1CCS(=O)(=O)C1. The summed E-state index contributed by atoms with van der Waals surface area (Å²) in [5.41, 5.74) is 0. The zero-order chi connectivity index (χ0) is 20.4. The molecule has 11 heteroatoms. The molecule has 160 valence electrons. The van der Waals surface area contributed by atoms with Crippen LogP contribution < -0.4 is 0 Å². The van der Waals surface area contributed by atoms with Gasteiger partial charge in [-0.1, -0.05) is 0 Å². The summed E-state index contributed by atoms with van der Waals surface area (Å²) in [5.74, 6) is 0.405. The van der Waals surface area contributed by atoms with E-state index >= 15 is 0 Å². The maximum Gasteiger partial charge on any atom is 0.210 e. The van der Waals surface area contributed by atoms with Crippen LogP contribution in [0.3, 0.4) is 0 Å². The minimum absolute atomic E-state index is 0.0480. The van der Waals surface area contributed by atoms with Crippen LogP contribution >= 0.6 is 0 Å². The predicted octanol–water partition coefficient (Wildman–Crippen LogP) is -1.26. The van der Waals surface area contributed by atoms with Gasteiger partial charge in [-0.05, 0) is 25.7 Å².